The second-order valence-corrected chi connectivity index (χ2v) is 18.4. The first kappa shape index (κ1) is 68.8. The second-order valence-electron chi connectivity index (χ2n) is 18.4. The van der Waals surface area contributed by atoms with Crippen LogP contribution in [0.3, 0.4) is 0 Å². The molecule has 412 valence electrons. The Morgan fingerprint density at radius 3 is 0.905 bits per heavy atom. The van der Waals surface area contributed by atoms with Gasteiger partial charge in [0.05, 0.1) is 6.42 Å². The van der Waals surface area contributed by atoms with Crippen molar-refractivity contribution in [1.82, 2.24) is 0 Å². The predicted molar refractivity (Wildman–Crippen MR) is 320 cm³/mol. The molecule has 0 fully saturated rings. The fourth-order valence-electron chi connectivity index (χ4n) is 7.18. The van der Waals surface area contributed by atoms with Crippen LogP contribution in [-0.2, 0) is 28.6 Å². The Hall–Kier alpha value is -5.23. The molecule has 0 radical (unpaired) electrons. The van der Waals surface area contributed by atoms with E-state index in [0.29, 0.717) is 19.3 Å². The molecule has 0 aromatic heterocycles. The Morgan fingerprint density at radius 1 is 0.297 bits per heavy atom. The molecule has 1 atom stereocenters. The van der Waals surface area contributed by atoms with Crippen molar-refractivity contribution in [1.29, 1.82) is 0 Å². The standard InChI is InChI=1S/C68H104O6/c1-4-7-10-13-16-19-22-24-26-27-28-29-30-31-32-33-34-35-36-37-38-39-40-41-43-44-46-49-52-55-58-61-67(70)73-64-65(63-72-66(69)60-57-54-51-48-21-18-15-12-9-6-3)74-68(71)62-59-56-53-50-47-45-42-25-23-20-17-14-11-8-5-2/h7-8,10-12,15-17,19-20,24-26,28-29,31-32,34-35,37-38,40-42,47,50,56,59,65H,4-6,9,13-14,18,21-23,27,30,33,36,39,43-46,48-49,51-55,57-58,60-64H2,1-3H3/b10-7-,11-8-,15-12-,19-16-,20-17-,26-24-,29-28-,32-31-,35-34-,38-37-,41-40-,42-25-,50-47-,59-56-. The highest BCUT2D eigenvalue weighted by molar-refractivity contribution is 5.72. The molecule has 0 aromatic rings. The lowest BCUT2D eigenvalue weighted by molar-refractivity contribution is -0.166. The summed E-state index contributed by atoms with van der Waals surface area (Å²) >= 11 is 0. The van der Waals surface area contributed by atoms with Crippen LogP contribution in [0.15, 0.2) is 170 Å². The zero-order valence-electron chi connectivity index (χ0n) is 47.0. The number of rotatable bonds is 50. The molecular weight excluding hydrogens is 913 g/mol. The highest BCUT2D eigenvalue weighted by atomic mass is 16.6. The second kappa shape index (κ2) is 60.3. The van der Waals surface area contributed by atoms with Crippen LogP contribution < -0.4 is 0 Å². The minimum absolute atomic E-state index is 0.0836. The molecule has 0 aliphatic carbocycles. The number of carbonyl (C=O) groups is 3. The fourth-order valence-corrected chi connectivity index (χ4v) is 7.18. The Balaban J connectivity index is 4.37. The van der Waals surface area contributed by atoms with Crippen molar-refractivity contribution in [2.45, 2.75) is 226 Å². The molecule has 1 unspecified atom stereocenters. The number of hydrogen-bond acceptors (Lipinski definition) is 6. The number of ether oxygens (including phenoxy) is 3. The number of unbranched alkanes of at least 4 members (excludes halogenated alkanes) is 12. The molecule has 0 spiro atoms. The van der Waals surface area contributed by atoms with Crippen LogP contribution in [0.5, 0.6) is 0 Å². The van der Waals surface area contributed by atoms with Crippen molar-refractivity contribution in [2.75, 3.05) is 13.2 Å². The molecule has 0 aliphatic rings. The van der Waals surface area contributed by atoms with E-state index < -0.39 is 12.1 Å². The molecule has 0 saturated heterocycles. The summed E-state index contributed by atoms with van der Waals surface area (Å²) in [6.07, 6.45) is 89.6. The molecule has 0 heterocycles. The van der Waals surface area contributed by atoms with Crippen molar-refractivity contribution < 1.29 is 28.6 Å². The van der Waals surface area contributed by atoms with Gasteiger partial charge in [-0.3, -0.25) is 14.4 Å². The van der Waals surface area contributed by atoms with E-state index in [1.807, 2.05) is 6.08 Å². The van der Waals surface area contributed by atoms with E-state index >= 15 is 0 Å². The van der Waals surface area contributed by atoms with Gasteiger partial charge in [0.15, 0.2) is 6.10 Å². The molecule has 0 saturated carbocycles. The monoisotopic (exact) mass is 1020 g/mol. The van der Waals surface area contributed by atoms with Gasteiger partial charge in [0, 0.05) is 12.8 Å². The molecule has 0 rings (SSSR count). The van der Waals surface area contributed by atoms with E-state index in [2.05, 4.69) is 179 Å². The van der Waals surface area contributed by atoms with Crippen LogP contribution in [0.4, 0.5) is 0 Å². The first-order chi connectivity index (χ1) is 36.5. The lowest BCUT2D eigenvalue weighted by Crippen LogP contribution is -2.30. The molecule has 0 bridgehead atoms. The highest BCUT2D eigenvalue weighted by Gasteiger charge is 2.19. The maximum Gasteiger partial charge on any atom is 0.310 e. The molecular formula is C68H104O6. The predicted octanol–water partition coefficient (Wildman–Crippen LogP) is 19.9. The lowest BCUT2D eigenvalue weighted by Gasteiger charge is -2.18. The van der Waals surface area contributed by atoms with Crippen molar-refractivity contribution in [3.05, 3.63) is 170 Å². The van der Waals surface area contributed by atoms with Gasteiger partial charge in [0.2, 0.25) is 0 Å². The minimum atomic E-state index is -0.850. The third kappa shape index (κ3) is 57.7. The molecule has 6 nitrogen and oxygen atoms in total. The van der Waals surface area contributed by atoms with E-state index in [-0.39, 0.29) is 31.6 Å². The Kier molecular flexibility index (Phi) is 56.1. The van der Waals surface area contributed by atoms with Gasteiger partial charge in [-0.2, -0.15) is 0 Å². The summed E-state index contributed by atoms with van der Waals surface area (Å²) in [6, 6.07) is 0. The molecule has 0 aliphatic heterocycles. The maximum atomic E-state index is 12.8. The van der Waals surface area contributed by atoms with E-state index in [4.69, 9.17) is 14.2 Å². The summed E-state index contributed by atoms with van der Waals surface area (Å²) in [5.41, 5.74) is 0. The molecule has 0 aromatic carbocycles. The SMILES string of the molecule is CC/C=C\C/C=C\C/C=C\C/C=C\C/C=C\C/C=C\C/C=C\C/C=C\CCCCCCCCC(=O)OCC(COC(=O)CCCCCCC/C=C\CCC)OC(=O)C/C=C\C/C=C\C/C=C\C/C=C\C/C=C\CC. The minimum Gasteiger partial charge on any atom is -0.462 e. The van der Waals surface area contributed by atoms with Crippen LogP contribution in [0.1, 0.15) is 220 Å². The van der Waals surface area contributed by atoms with Gasteiger partial charge in [0.25, 0.3) is 0 Å². The van der Waals surface area contributed by atoms with E-state index in [1.165, 1.54) is 25.7 Å². The molecule has 0 amide bonds. The molecule has 74 heavy (non-hydrogen) atoms. The van der Waals surface area contributed by atoms with Gasteiger partial charge in [-0.25, -0.2) is 0 Å². The van der Waals surface area contributed by atoms with Crippen molar-refractivity contribution >= 4 is 17.9 Å². The van der Waals surface area contributed by atoms with Crippen molar-refractivity contribution in [3.63, 3.8) is 0 Å². The van der Waals surface area contributed by atoms with E-state index in [1.54, 1.807) is 6.08 Å². The zero-order valence-corrected chi connectivity index (χ0v) is 47.0. The highest BCUT2D eigenvalue weighted by Crippen LogP contribution is 2.12. The van der Waals surface area contributed by atoms with Crippen LogP contribution in [0, 0.1) is 0 Å². The zero-order chi connectivity index (χ0) is 53.6. The van der Waals surface area contributed by atoms with Crippen molar-refractivity contribution in [3.8, 4) is 0 Å². The normalized spacial score (nSPS) is 13.4. The average Bonchev–Trinajstić information content (AvgIpc) is 3.40. The fraction of sp³-hybridized carbons (Fsp3) is 0.544. The maximum absolute atomic E-state index is 12.8. The van der Waals surface area contributed by atoms with Crippen LogP contribution >= 0.6 is 0 Å². The summed E-state index contributed by atoms with van der Waals surface area (Å²) < 4.78 is 16.7. The first-order valence-electron chi connectivity index (χ1n) is 29.1. The summed E-state index contributed by atoms with van der Waals surface area (Å²) in [5.74, 6) is -1.10. The lowest BCUT2D eigenvalue weighted by atomic mass is 10.1. The molecule has 0 N–H and O–H groups in total. The Morgan fingerprint density at radius 2 is 0.568 bits per heavy atom. The summed E-state index contributed by atoms with van der Waals surface area (Å²) in [4.78, 5) is 38.0. The van der Waals surface area contributed by atoms with Crippen LogP contribution in [0.2, 0.25) is 0 Å². The van der Waals surface area contributed by atoms with E-state index in [0.717, 1.165) is 148 Å². The summed E-state index contributed by atoms with van der Waals surface area (Å²) in [5, 5.41) is 0. The van der Waals surface area contributed by atoms with Crippen LogP contribution in [0.25, 0.3) is 0 Å². The van der Waals surface area contributed by atoms with Gasteiger partial charge < -0.3 is 14.2 Å². The number of esters is 3. The van der Waals surface area contributed by atoms with Gasteiger partial charge in [-0.1, -0.05) is 242 Å². The quantitative estimate of drug-likeness (QED) is 0.0261. The smallest absolute Gasteiger partial charge is 0.310 e. The number of hydrogen-bond donors (Lipinski definition) is 0. The number of carbonyl (C=O) groups excluding carboxylic acids is 3. The van der Waals surface area contributed by atoms with Gasteiger partial charge >= 0.3 is 17.9 Å². The topological polar surface area (TPSA) is 78.9 Å². The van der Waals surface area contributed by atoms with Crippen molar-refractivity contribution in [2.24, 2.45) is 0 Å². The molecule has 6 heteroatoms. The Bertz CT molecular complexity index is 1740. The summed E-state index contributed by atoms with van der Waals surface area (Å²) in [6.45, 7) is 6.22. The van der Waals surface area contributed by atoms with E-state index in [9.17, 15) is 14.4 Å². The number of allylic oxidation sites excluding steroid dienone is 27. The van der Waals surface area contributed by atoms with Gasteiger partial charge in [-0.15, -0.1) is 0 Å². The Labute approximate surface area is 453 Å². The largest absolute Gasteiger partial charge is 0.462 e. The third-order valence-corrected chi connectivity index (χ3v) is 11.5. The average molecular weight is 1020 g/mol. The third-order valence-electron chi connectivity index (χ3n) is 11.5. The van der Waals surface area contributed by atoms with Gasteiger partial charge in [-0.05, 0) is 128 Å². The van der Waals surface area contributed by atoms with Crippen LogP contribution in [-0.4, -0.2) is 37.2 Å². The summed E-state index contributed by atoms with van der Waals surface area (Å²) in [7, 11) is 0. The van der Waals surface area contributed by atoms with Gasteiger partial charge in [0.1, 0.15) is 13.2 Å². The first-order valence-corrected chi connectivity index (χ1v) is 29.1.